The Balaban J connectivity index is 1.90. The fourth-order valence-electron chi connectivity index (χ4n) is 2.44. The van der Waals surface area contributed by atoms with Crippen molar-refractivity contribution in [2.24, 2.45) is 0 Å². The van der Waals surface area contributed by atoms with Gasteiger partial charge in [0.05, 0.1) is 0 Å². The molecule has 0 spiro atoms. The van der Waals surface area contributed by atoms with Crippen molar-refractivity contribution in [1.29, 1.82) is 0 Å². The Morgan fingerprint density at radius 1 is 1.09 bits per heavy atom. The maximum Gasteiger partial charge on any atom is 0.255 e. The molecule has 0 bridgehead atoms. The summed E-state index contributed by atoms with van der Waals surface area (Å²) in [5, 5.41) is 10.6. The molecule has 0 saturated heterocycles. The summed E-state index contributed by atoms with van der Waals surface area (Å²) in [6.45, 7) is 3.94. The van der Waals surface area contributed by atoms with Crippen molar-refractivity contribution in [2.75, 3.05) is 5.32 Å². The van der Waals surface area contributed by atoms with Gasteiger partial charge >= 0.3 is 0 Å². The normalized spacial score (nSPS) is 10.6. The molecule has 6 heteroatoms. The average Bonchev–Trinajstić information content (AvgIpc) is 3.05. The predicted molar refractivity (Wildman–Crippen MR) is 92.9 cm³/mol. The number of anilines is 1. The second-order valence-electron chi connectivity index (χ2n) is 5.29. The second kappa shape index (κ2) is 6.34. The maximum atomic E-state index is 12.4. The van der Waals surface area contributed by atoms with E-state index >= 15 is 0 Å². The van der Waals surface area contributed by atoms with Crippen molar-refractivity contribution in [3.63, 3.8) is 0 Å². The van der Waals surface area contributed by atoms with E-state index < -0.39 is 0 Å². The number of carbonyl (C=O) groups excluding carboxylic acids is 1. The molecule has 0 aliphatic rings. The Labute approximate surface area is 142 Å². The number of aryl methyl sites for hydroxylation is 2. The third-order valence-corrected chi connectivity index (χ3v) is 4.05. The average molecular weight is 371 g/mol. The number of halogens is 1. The van der Waals surface area contributed by atoms with Crippen molar-refractivity contribution in [3.8, 4) is 5.69 Å². The van der Waals surface area contributed by atoms with Gasteiger partial charge in [-0.2, -0.15) is 0 Å². The molecule has 1 heterocycles. The SMILES string of the molecule is Cc1cc(-n2cnnc2)cc(C)c1NC(=O)c1cccc(Br)c1. The van der Waals surface area contributed by atoms with Crippen LogP contribution < -0.4 is 5.32 Å². The van der Waals surface area contributed by atoms with Gasteiger partial charge in [-0.3, -0.25) is 9.36 Å². The van der Waals surface area contributed by atoms with Crippen LogP contribution in [0.3, 0.4) is 0 Å². The lowest BCUT2D eigenvalue weighted by Gasteiger charge is -2.14. The molecule has 3 aromatic rings. The van der Waals surface area contributed by atoms with E-state index in [1.165, 1.54) is 0 Å². The Morgan fingerprint density at radius 3 is 2.35 bits per heavy atom. The van der Waals surface area contributed by atoms with Gasteiger partial charge in [-0.1, -0.05) is 22.0 Å². The Morgan fingerprint density at radius 2 is 1.74 bits per heavy atom. The van der Waals surface area contributed by atoms with Crippen molar-refractivity contribution < 1.29 is 4.79 Å². The first-order valence-corrected chi connectivity index (χ1v) is 7.87. The van der Waals surface area contributed by atoms with Gasteiger partial charge in [0, 0.05) is 21.4 Å². The predicted octanol–water partition coefficient (Wildman–Crippen LogP) is 3.90. The van der Waals surface area contributed by atoms with Crippen LogP contribution in [0.4, 0.5) is 5.69 Å². The topological polar surface area (TPSA) is 59.8 Å². The van der Waals surface area contributed by atoms with Gasteiger partial charge in [0.1, 0.15) is 12.7 Å². The summed E-state index contributed by atoms with van der Waals surface area (Å²) in [5.74, 6) is -0.130. The van der Waals surface area contributed by atoms with Crippen LogP contribution in [-0.2, 0) is 0 Å². The Hall–Kier alpha value is -2.47. The number of rotatable bonds is 3. The zero-order chi connectivity index (χ0) is 16.4. The molecule has 1 aromatic heterocycles. The number of benzene rings is 2. The number of nitrogens with zero attached hydrogens (tertiary/aromatic N) is 3. The minimum Gasteiger partial charge on any atom is -0.322 e. The van der Waals surface area contributed by atoms with Crippen molar-refractivity contribution in [2.45, 2.75) is 13.8 Å². The molecule has 0 atom stereocenters. The highest BCUT2D eigenvalue weighted by atomic mass is 79.9. The minimum atomic E-state index is -0.130. The van der Waals surface area contributed by atoms with Crippen molar-refractivity contribution >= 4 is 27.5 Å². The van der Waals surface area contributed by atoms with Gasteiger partial charge in [-0.05, 0) is 55.3 Å². The summed E-state index contributed by atoms with van der Waals surface area (Å²) in [7, 11) is 0. The highest BCUT2D eigenvalue weighted by Gasteiger charge is 2.12. The molecule has 1 amide bonds. The summed E-state index contributed by atoms with van der Waals surface area (Å²) in [4.78, 5) is 12.4. The van der Waals surface area contributed by atoms with E-state index in [0.717, 1.165) is 27.0 Å². The van der Waals surface area contributed by atoms with E-state index in [-0.39, 0.29) is 5.91 Å². The lowest BCUT2D eigenvalue weighted by atomic mass is 10.1. The Kier molecular flexibility index (Phi) is 4.25. The monoisotopic (exact) mass is 370 g/mol. The number of hydrogen-bond acceptors (Lipinski definition) is 3. The molecule has 0 aliphatic heterocycles. The lowest BCUT2D eigenvalue weighted by molar-refractivity contribution is 0.102. The first-order chi connectivity index (χ1) is 11.0. The summed E-state index contributed by atoms with van der Waals surface area (Å²) in [6.07, 6.45) is 3.29. The van der Waals surface area contributed by atoms with E-state index in [4.69, 9.17) is 0 Å². The number of carbonyl (C=O) groups is 1. The lowest BCUT2D eigenvalue weighted by Crippen LogP contribution is -2.14. The summed E-state index contributed by atoms with van der Waals surface area (Å²) < 4.78 is 2.71. The smallest absolute Gasteiger partial charge is 0.255 e. The zero-order valence-electron chi connectivity index (χ0n) is 12.7. The summed E-state index contributed by atoms with van der Waals surface area (Å²) in [5.41, 5.74) is 4.37. The molecule has 2 aromatic carbocycles. The Bertz CT molecular complexity index is 836. The van der Waals surface area contributed by atoms with E-state index in [9.17, 15) is 4.79 Å². The van der Waals surface area contributed by atoms with Gasteiger partial charge < -0.3 is 5.32 Å². The highest BCUT2D eigenvalue weighted by Crippen LogP contribution is 2.25. The maximum absolute atomic E-state index is 12.4. The van der Waals surface area contributed by atoms with Crippen LogP contribution >= 0.6 is 15.9 Å². The molecule has 0 unspecified atom stereocenters. The van der Waals surface area contributed by atoms with E-state index in [0.29, 0.717) is 5.56 Å². The summed E-state index contributed by atoms with van der Waals surface area (Å²) in [6, 6.07) is 11.3. The van der Waals surface area contributed by atoms with Crippen LogP contribution in [-0.4, -0.2) is 20.7 Å². The number of aromatic nitrogens is 3. The molecule has 0 fully saturated rings. The molecule has 5 nitrogen and oxygen atoms in total. The summed E-state index contributed by atoms with van der Waals surface area (Å²) >= 11 is 3.38. The molecule has 0 radical (unpaired) electrons. The molecular formula is C17H15BrN4O. The first kappa shape index (κ1) is 15.4. The minimum absolute atomic E-state index is 0.130. The molecular weight excluding hydrogens is 356 g/mol. The first-order valence-electron chi connectivity index (χ1n) is 7.08. The second-order valence-corrected chi connectivity index (χ2v) is 6.20. The van der Waals surface area contributed by atoms with Crippen LogP contribution in [0, 0.1) is 13.8 Å². The molecule has 116 valence electrons. The fourth-order valence-corrected chi connectivity index (χ4v) is 2.84. The van der Waals surface area contributed by atoms with Gasteiger partial charge in [0.2, 0.25) is 0 Å². The van der Waals surface area contributed by atoms with Crippen LogP contribution in [0.5, 0.6) is 0 Å². The highest BCUT2D eigenvalue weighted by molar-refractivity contribution is 9.10. The zero-order valence-corrected chi connectivity index (χ0v) is 14.3. The number of amides is 1. The van der Waals surface area contributed by atoms with Gasteiger partial charge in [-0.15, -0.1) is 10.2 Å². The largest absolute Gasteiger partial charge is 0.322 e. The third-order valence-electron chi connectivity index (χ3n) is 3.56. The standard InChI is InChI=1S/C17H15BrN4O/c1-11-6-15(22-9-19-20-10-22)7-12(2)16(11)21-17(23)13-4-3-5-14(18)8-13/h3-10H,1-2H3,(H,21,23). The third kappa shape index (κ3) is 3.32. The van der Waals surface area contributed by atoms with Crippen LogP contribution in [0.15, 0.2) is 53.5 Å². The quantitative estimate of drug-likeness (QED) is 0.760. The molecule has 0 aliphatic carbocycles. The molecule has 1 N–H and O–H groups in total. The van der Waals surface area contributed by atoms with E-state index in [1.54, 1.807) is 24.8 Å². The van der Waals surface area contributed by atoms with Crippen LogP contribution in [0.1, 0.15) is 21.5 Å². The van der Waals surface area contributed by atoms with Crippen molar-refractivity contribution in [3.05, 3.63) is 70.2 Å². The fraction of sp³-hybridized carbons (Fsp3) is 0.118. The number of hydrogen-bond donors (Lipinski definition) is 1. The van der Waals surface area contributed by atoms with Crippen LogP contribution in [0.25, 0.3) is 5.69 Å². The van der Waals surface area contributed by atoms with Gasteiger partial charge in [0.25, 0.3) is 5.91 Å². The molecule has 23 heavy (non-hydrogen) atoms. The van der Waals surface area contributed by atoms with E-state index in [2.05, 4.69) is 31.4 Å². The van der Waals surface area contributed by atoms with E-state index in [1.807, 2.05) is 42.7 Å². The number of nitrogens with one attached hydrogen (secondary N) is 1. The van der Waals surface area contributed by atoms with Gasteiger partial charge in [0.15, 0.2) is 0 Å². The molecule has 3 rings (SSSR count). The van der Waals surface area contributed by atoms with Crippen LogP contribution in [0.2, 0.25) is 0 Å². The molecule has 0 saturated carbocycles. The van der Waals surface area contributed by atoms with Gasteiger partial charge in [-0.25, -0.2) is 0 Å². The van der Waals surface area contributed by atoms with Crippen molar-refractivity contribution in [1.82, 2.24) is 14.8 Å².